The van der Waals surface area contributed by atoms with Crippen LogP contribution in [0.4, 0.5) is 0 Å². The Morgan fingerprint density at radius 1 is 1.23 bits per heavy atom. The SMILES string of the molecule is C=C(C)N1CCN(CC(C)C)CC1. The van der Waals surface area contributed by atoms with Gasteiger partial charge in [0.2, 0.25) is 0 Å². The van der Waals surface area contributed by atoms with E-state index in [9.17, 15) is 0 Å². The molecule has 2 nitrogen and oxygen atoms in total. The molecule has 1 fully saturated rings. The highest BCUT2D eigenvalue weighted by Gasteiger charge is 2.16. The van der Waals surface area contributed by atoms with E-state index in [2.05, 4.69) is 37.1 Å². The fraction of sp³-hybridized carbons (Fsp3) is 0.818. The fourth-order valence-electron chi connectivity index (χ4n) is 1.83. The van der Waals surface area contributed by atoms with Crippen LogP contribution in [0.25, 0.3) is 0 Å². The Kier molecular flexibility index (Phi) is 3.79. The molecule has 1 aliphatic heterocycles. The van der Waals surface area contributed by atoms with Crippen molar-refractivity contribution in [2.24, 2.45) is 5.92 Å². The summed E-state index contributed by atoms with van der Waals surface area (Å²) in [6.45, 7) is 16.6. The van der Waals surface area contributed by atoms with Crippen molar-refractivity contribution < 1.29 is 0 Å². The van der Waals surface area contributed by atoms with Crippen molar-refractivity contribution in [3.63, 3.8) is 0 Å². The predicted octanol–water partition coefficient (Wildman–Crippen LogP) is 1.79. The minimum Gasteiger partial charge on any atom is -0.373 e. The molecule has 0 radical (unpaired) electrons. The molecule has 0 amide bonds. The number of hydrogen-bond donors (Lipinski definition) is 0. The minimum absolute atomic E-state index is 0.788. The summed E-state index contributed by atoms with van der Waals surface area (Å²) in [4.78, 5) is 4.92. The van der Waals surface area contributed by atoms with Gasteiger partial charge in [0.05, 0.1) is 0 Å². The summed E-state index contributed by atoms with van der Waals surface area (Å²) < 4.78 is 0. The van der Waals surface area contributed by atoms with Gasteiger partial charge in [0.15, 0.2) is 0 Å². The standard InChI is InChI=1S/C11H22N2/c1-10(2)9-12-5-7-13(8-6-12)11(3)4/h10H,3,5-9H2,1-2,4H3. The van der Waals surface area contributed by atoms with Gasteiger partial charge < -0.3 is 4.90 Å². The molecule has 2 heteroatoms. The molecule has 76 valence electrons. The third-order valence-electron chi connectivity index (χ3n) is 2.54. The largest absolute Gasteiger partial charge is 0.373 e. The molecule has 1 heterocycles. The Morgan fingerprint density at radius 3 is 2.15 bits per heavy atom. The van der Waals surface area contributed by atoms with E-state index in [0.29, 0.717) is 0 Å². The van der Waals surface area contributed by atoms with Crippen molar-refractivity contribution in [2.75, 3.05) is 32.7 Å². The number of piperazine rings is 1. The van der Waals surface area contributed by atoms with Gasteiger partial charge in [0.1, 0.15) is 0 Å². The van der Waals surface area contributed by atoms with Crippen LogP contribution in [0.15, 0.2) is 12.3 Å². The Balaban J connectivity index is 2.26. The first kappa shape index (κ1) is 10.6. The molecule has 1 rings (SSSR count). The number of allylic oxidation sites excluding steroid dienone is 1. The normalized spacial score (nSPS) is 19.5. The van der Waals surface area contributed by atoms with Crippen molar-refractivity contribution in [3.05, 3.63) is 12.3 Å². The lowest BCUT2D eigenvalue weighted by molar-refractivity contribution is 0.146. The molecular weight excluding hydrogens is 160 g/mol. The highest BCUT2D eigenvalue weighted by atomic mass is 15.3. The molecule has 0 aliphatic carbocycles. The topological polar surface area (TPSA) is 6.48 Å². The molecule has 0 saturated carbocycles. The second kappa shape index (κ2) is 4.66. The van der Waals surface area contributed by atoms with Gasteiger partial charge in [0.25, 0.3) is 0 Å². The predicted molar refractivity (Wildman–Crippen MR) is 57.7 cm³/mol. The summed E-state index contributed by atoms with van der Waals surface area (Å²) >= 11 is 0. The molecule has 0 unspecified atom stereocenters. The van der Waals surface area contributed by atoms with Crippen molar-refractivity contribution in [2.45, 2.75) is 20.8 Å². The minimum atomic E-state index is 0.788. The average Bonchev–Trinajstić information content (AvgIpc) is 2.04. The summed E-state index contributed by atoms with van der Waals surface area (Å²) in [5, 5.41) is 0. The summed E-state index contributed by atoms with van der Waals surface area (Å²) in [5.41, 5.74) is 1.21. The van der Waals surface area contributed by atoms with Crippen molar-refractivity contribution in [3.8, 4) is 0 Å². The second-order valence-corrected chi connectivity index (χ2v) is 4.42. The van der Waals surface area contributed by atoms with E-state index in [1.165, 1.54) is 25.3 Å². The van der Waals surface area contributed by atoms with Crippen LogP contribution in [0.5, 0.6) is 0 Å². The Morgan fingerprint density at radius 2 is 1.77 bits per heavy atom. The maximum Gasteiger partial charge on any atom is 0.0303 e. The van der Waals surface area contributed by atoms with Crippen LogP contribution in [0.2, 0.25) is 0 Å². The zero-order valence-corrected chi connectivity index (χ0v) is 9.21. The fourth-order valence-corrected chi connectivity index (χ4v) is 1.83. The third-order valence-corrected chi connectivity index (χ3v) is 2.54. The monoisotopic (exact) mass is 182 g/mol. The van der Waals surface area contributed by atoms with Crippen molar-refractivity contribution >= 4 is 0 Å². The van der Waals surface area contributed by atoms with E-state index in [4.69, 9.17) is 0 Å². The Hall–Kier alpha value is -0.500. The maximum absolute atomic E-state index is 3.97. The van der Waals surface area contributed by atoms with Gasteiger partial charge in [-0.1, -0.05) is 20.4 Å². The van der Waals surface area contributed by atoms with Crippen LogP contribution >= 0.6 is 0 Å². The van der Waals surface area contributed by atoms with Gasteiger partial charge in [-0.15, -0.1) is 0 Å². The zero-order valence-electron chi connectivity index (χ0n) is 9.21. The second-order valence-electron chi connectivity index (χ2n) is 4.42. The van der Waals surface area contributed by atoms with Crippen LogP contribution in [0.1, 0.15) is 20.8 Å². The molecule has 0 aromatic carbocycles. The Labute approximate surface area is 82.2 Å². The maximum atomic E-state index is 3.97. The number of rotatable bonds is 3. The quantitative estimate of drug-likeness (QED) is 0.656. The summed E-state index contributed by atoms with van der Waals surface area (Å²) in [6, 6.07) is 0. The highest BCUT2D eigenvalue weighted by molar-refractivity contribution is 4.91. The molecule has 13 heavy (non-hydrogen) atoms. The van der Waals surface area contributed by atoms with Gasteiger partial charge >= 0.3 is 0 Å². The Bertz CT molecular complexity index is 167. The molecule has 0 atom stereocenters. The lowest BCUT2D eigenvalue weighted by Crippen LogP contribution is -2.46. The summed E-state index contributed by atoms with van der Waals surface area (Å²) in [6.07, 6.45) is 0. The lowest BCUT2D eigenvalue weighted by Gasteiger charge is -2.36. The van der Waals surface area contributed by atoms with E-state index in [0.717, 1.165) is 19.0 Å². The van der Waals surface area contributed by atoms with Crippen molar-refractivity contribution in [1.82, 2.24) is 9.80 Å². The summed E-state index contributed by atoms with van der Waals surface area (Å²) in [7, 11) is 0. The molecule has 0 aromatic rings. The molecule has 1 aliphatic rings. The van der Waals surface area contributed by atoms with Gasteiger partial charge in [-0.25, -0.2) is 0 Å². The smallest absolute Gasteiger partial charge is 0.0303 e. The molecule has 0 N–H and O–H groups in total. The van der Waals surface area contributed by atoms with Crippen LogP contribution in [-0.4, -0.2) is 42.5 Å². The van der Waals surface area contributed by atoms with E-state index in [1.807, 2.05) is 0 Å². The average molecular weight is 182 g/mol. The van der Waals surface area contributed by atoms with Crippen LogP contribution in [0, 0.1) is 5.92 Å². The van der Waals surface area contributed by atoms with Gasteiger partial charge in [-0.05, 0) is 12.8 Å². The van der Waals surface area contributed by atoms with Gasteiger partial charge in [-0.3, -0.25) is 4.90 Å². The van der Waals surface area contributed by atoms with Crippen LogP contribution in [-0.2, 0) is 0 Å². The number of hydrogen-bond acceptors (Lipinski definition) is 2. The summed E-state index contributed by atoms with van der Waals surface area (Å²) in [5.74, 6) is 0.788. The van der Waals surface area contributed by atoms with E-state index >= 15 is 0 Å². The van der Waals surface area contributed by atoms with Crippen molar-refractivity contribution in [1.29, 1.82) is 0 Å². The highest BCUT2D eigenvalue weighted by Crippen LogP contribution is 2.08. The molecular formula is C11H22N2. The molecule has 0 aromatic heterocycles. The van der Waals surface area contributed by atoms with E-state index < -0.39 is 0 Å². The third kappa shape index (κ3) is 3.39. The van der Waals surface area contributed by atoms with E-state index in [-0.39, 0.29) is 0 Å². The first-order valence-corrected chi connectivity index (χ1v) is 5.22. The van der Waals surface area contributed by atoms with Crippen LogP contribution < -0.4 is 0 Å². The van der Waals surface area contributed by atoms with Gasteiger partial charge in [-0.2, -0.15) is 0 Å². The first-order valence-electron chi connectivity index (χ1n) is 5.22. The van der Waals surface area contributed by atoms with Gasteiger partial charge in [0, 0.05) is 38.4 Å². The van der Waals surface area contributed by atoms with Crippen LogP contribution in [0.3, 0.4) is 0 Å². The zero-order chi connectivity index (χ0) is 9.84. The lowest BCUT2D eigenvalue weighted by atomic mass is 10.2. The molecule has 0 spiro atoms. The molecule has 1 saturated heterocycles. The first-order chi connectivity index (χ1) is 6.09. The van der Waals surface area contributed by atoms with E-state index in [1.54, 1.807) is 0 Å². The number of nitrogens with zero attached hydrogens (tertiary/aromatic N) is 2. The molecule has 0 bridgehead atoms.